The Balaban J connectivity index is 1.25. The van der Waals surface area contributed by atoms with Gasteiger partial charge < -0.3 is 19.4 Å². The van der Waals surface area contributed by atoms with Crippen molar-refractivity contribution in [1.29, 1.82) is 0 Å². The molecule has 0 radical (unpaired) electrons. The van der Waals surface area contributed by atoms with Crippen LogP contribution in [0.15, 0.2) is 65.3 Å². The van der Waals surface area contributed by atoms with Crippen molar-refractivity contribution < 1.29 is 23.5 Å². The first-order chi connectivity index (χ1) is 16.9. The van der Waals surface area contributed by atoms with E-state index >= 15 is 0 Å². The number of nitrogens with zero attached hydrogens (tertiary/aromatic N) is 1. The summed E-state index contributed by atoms with van der Waals surface area (Å²) in [6.07, 6.45) is 6.80. The number of nitrogens with one attached hydrogen (secondary N) is 1. The molecule has 6 rings (SSSR count). The van der Waals surface area contributed by atoms with E-state index in [1.807, 2.05) is 44.2 Å². The smallest absolute Gasteiger partial charge is 0.230 e. The van der Waals surface area contributed by atoms with E-state index in [1.165, 1.54) is 5.56 Å². The SMILES string of the molecule is CC(CCc1ccccc1)NC(=O)C1C2C=CC3(O2)C1C(=O)N1C(c2ccco2)CC(=O)C(C)C13. The molecule has 1 N–H and O–H groups in total. The minimum absolute atomic E-state index is 0.0442. The molecule has 3 saturated heterocycles. The van der Waals surface area contributed by atoms with Crippen LogP contribution in [0.2, 0.25) is 0 Å². The predicted molar refractivity (Wildman–Crippen MR) is 127 cm³/mol. The van der Waals surface area contributed by atoms with Gasteiger partial charge in [-0.3, -0.25) is 14.4 Å². The second kappa shape index (κ2) is 8.19. The van der Waals surface area contributed by atoms with Gasteiger partial charge in [-0.15, -0.1) is 0 Å². The molecule has 1 aromatic carbocycles. The fourth-order valence-electron chi connectivity index (χ4n) is 6.70. The molecule has 3 fully saturated rings. The van der Waals surface area contributed by atoms with Crippen LogP contribution in [-0.2, 0) is 25.5 Å². The third-order valence-electron chi connectivity index (χ3n) is 8.35. The molecule has 7 heteroatoms. The van der Waals surface area contributed by atoms with Crippen molar-refractivity contribution >= 4 is 17.6 Å². The van der Waals surface area contributed by atoms with E-state index in [0.717, 1.165) is 12.8 Å². The Bertz CT molecular complexity index is 1180. The maximum Gasteiger partial charge on any atom is 0.230 e. The molecule has 4 aliphatic rings. The molecule has 0 saturated carbocycles. The van der Waals surface area contributed by atoms with Gasteiger partial charge in [0.2, 0.25) is 11.8 Å². The number of carbonyl (C=O) groups is 3. The molecular weight excluding hydrogens is 444 g/mol. The van der Waals surface area contributed by atoms with Crippen molar-refractivity contribution in [2.45, 2.75) is 62.9 Å². The minimum atomic E-state index is -0.961. The Labute approximate surface area is 204 Å². The lowest BCUT2D eigenvalue weighted by Crippen LogP contribution is -2.55. The molecule has 2 amide bonds. The van der Waals surface area contributed by atoms with Crippen molar-refractivity contribution in [1.82, 2.24) is 10.2 Å². The van der Waals surface area contributed by atoms with Gasteiger partial charge in [0.05, 0.1) is 36.3 Å². The number of carbonyl (C=O) groups excluding carboxylic acids is 3. The van der Waals surface area contributed by atoms with Gasteiger partial charge in [0.15, 0.2) is 0 Å². The quantitative estimate of drug-likeness (QED) is 0.650. The van der Waals surface area contributed by atoms with Crippen LogP contribution in [0.25, 0.3) is 0 Å². The number of hydrogen-bond donors (Lipinski definition) is 1. The largest absolute Gasteiger partial charge is 0.467 e. The van der Waals surface area contributed by atoms with Crippen LogP contribution in [0.4, 0.5) is 0 Å². The molecule has 5 heterocycles. The molecule has 182 valence electrons. The lowest BCUT2D eigenvalue weighted by molar-refractivity contribution is -0.148. The van der Waals surface area contributed by atoms with E-state index in [-0.39, 0.29) is 36.0 Å². The first-order valence-corrected chi connectivity index (χ1v) is 12.5. The first kappa shape index (κ1) is 22.3. The van der Waals surface area contributed by atoms with Gasteiger partial charge in [-0.05, 0) is 37.5 Å². The van der Waals surface area contributed by atoms with Crippen molar-refractivity contribution in [3.8, 4) is 0 Å². The Kier molecular flexibility index (Phi) is 5.22. The second-order valence-corrected chi connectivity index (χ2v) is 10.4. The molecule has 1 aromatic heterocycles. The van der Waals surface area contributed by atoms with Crippen LogP contribution in [0.5, 0.6) is 0 Å². The number of rotatable bonds is 6. The van der Waals surface area contributed by atoms with Crippen LogP contribution in [0, 0.1) is 17.8 Å². The normalized spacial score (nSPS) is 35.8. The fourth-order valence-corrected chi connectivity index (χ4v) is 6.70. The molecule has 0 aliphatic carbocycles. The maximum atomic E-state index is 14.0. The first-order valence-electron chi connectivity index (χ1n) is 12.5. The number of fused-ring (bicyclic) bond motifs is 2. The average Bonchev–Trinajstić information content (AvgIpc) is 3.63. The van der Waals surface area contributed by atoms with Crippen molar-refractivity contribution in [3.05, 3.63) is 72.2 Å². The van der Waals surface area contributed by atoms with Crippen LogP contribution in [0.3, 0.4) is 0 Å². The molecule has 2 bridgehead atoms. The van der Waals surface area contributed by atoms with E-state index in [4.69, 9.17) is 9.15 Å². The molecular formula is C28H30N2O5. The van der Waals surface area contributed by atoms with Gasteiger partial charge in [0.25, 0.3) is 0 Å². The summed E-state index contributed by atoms with van der Waals surface area (Å²) in [4.78, 5) is 42.3. The monoisotopic (exact) mass is 474 g/mol. The summed E-state index contributed by atoms with van der Waals surface area (Å²) in [5, 5.41) is 3.14. The number of amides is 2. The van der Waals surface area contributed by atoms with Crippen molar-refractivity contribution in [2.75, 3.05) is 0 Å². The van der Waals surface area contributed by atoms with Gasteiger partial charge >= 0.3 is 0 Å². The lowest BCUT2D eigenvalue weighted by Gasteiger charge is -2.43. The topological polar surface area (TPSA) is 88.8 Å². The highest BCUT2D eigenvalue weighted by Crippen LogP contribution is 2.59. The molecule has 35 heavy (non-hydrogen) atoms. The Morgan fingerprint density at radius 2 is 2.00 bits per heavy atom. The number of aryl methyl sites for hydroxylation is 1. The second-order valence-electron chi connectivity index (χ2n) is 10.4. The van der Waals surface area contributed by atoms with Gasteiger partial charge in [-0.2, -0.15) is 0 Å². The summed E-state index contributed by atoms with van der Waals surface area (Å²) >= 11 is 0. The van der Waals surface area contributed by atoms with Crippen LogP contribution >= 0.6 is 0 Å². The Morgan fingerprint density at radius 3 is 2.74 bits per heavy atom. The molecule has 8 atom stereocenters. The summed E-state index contributed by atoms with van der Waals surface area (Å²) in [7, 11) is 0. The summed E-state index contributed by atoms with van der Waals surface area (Å²) < 4.78 is 12.1. The summed E-state index contributed by atoms with van der Waals surface area (Å²) in [6, 6.07) is 12.8. The third-order valence-corrected chi connectivity index (χ3v) is 8.35. The van der Waals surface area contributed by atoms with Gasteiger partial charge in [0.1, 0.15) is 17.1 Å². The van der Waals surface area contributed by atoms with Crippen LogP contribution in [-0.4, -0.2) is 46.3 Å². The number of piperidine rings is 1. The molecule has 2 aromatic rings. The minimum Gasteiger partial charge on any atom is -0.467 e. The number of ketones is 1. The third kappa shape index (κ3) is 3.32. The number of benzene rings is 1. The highest BCUT2D eigenvalue weighted by Gasteiger charge is 2.74. The van der Waals surface area contributed by atoms with Gasteiger partial charge in [-0.1, -0.05) is 49.4 Å². The fraction of sp³-hybridized carbons (Fsp3) is 0.464. The predicted octanol–water partition coefficient (Wildman–Crippen LogP) is 3.22. The van der Waals surface area contributed by atoms with Crippen LogP contribution < -0.4 is 5.32 Å². The Hall–Kier alpha value is -3.19. The van der Waals surface area contributed by atoms with E-state index in [0.29, 0.717) is 5.76 Å². The molecule has 8 unspecified atom stereocenters. The van der Waals surface area contributed by atoms with E-state index < -0.39 is 35.6 Å². The highest BCUT2D eigenvalue weighted by atomic mass is 16.5. The number of hydrogen-bond acceptors (Lipinski definition) is 5. The number of furan rings is 1. The van der Waals surface area contributed by atoms with Crippen LogP contribution in [0.1, 0.15) is 44.1 Å². The van der Waals surface area contributed by atoms with E-state index in [2.05, 4.69) is 17.4 Å². The zero-order valence-corrected chi connectivity index (χ0v) is 19.9. The van der Waals surface area contributed by atoms with E-state index in [1.54, 1.807) is 23.3 Å². The van der Waals surface area contributed by atoms with Gasteiger partial charge in [0, 0.05) is 18.4 Å². The zero-order chi connectivity index (χ0) is 24.3. The maximum absolute atomic E-state index is 14.0. The summed E-state index contributed by atoms with van der Waals surface area (Å²) in [5.41, 5.74) is 0.265. The average molecular weight is 475 g/mol. The Morgan fingerprint density at radius 1 is 1.20 bits per heavy atom. The lowest BCUT2D eigenvalue weighted by atomic mass is 9.70. The highest BCUT2D eigenvalue weighted by molar-refractivity contribution is 5.96. The standard InChI is InChI=1S/C28H30N2O5/c1-16(10-11-18-7-4-3-5-8-18)29-26(32)23-22-12-13-28(35-22)24(23)27(33)30-19(21-9-6-14-34-21)15-20(31)17(2)25(28)30/h3-9,12-14,16-17,19,22-25H,10-11,15H2,1-2H3,(H,29,32). The summed E-state index contributed by atoms with van der Waals surface area (Å²) in [5.74, 6) is -1.25. The number of ether oxygens (including phenoxy) is 1. The molecule has 4 aliphatic heterocycles. The number of Topliss-reactive ketones (excluding diaryl/α,β-unsaturated/α-hetero) is 1. The van der Waals surface area contributed by atoms with E-state index in [9.17, 15) is 14.4 Å². The molecule has 1 spiro atoms. The summed E-state index contributed by atoms with van der Waals surface area (Å²) in [6.45, 7) is 3.86. The molecule has 7 nitrogen and oxygen atoms in total. The van der Waals surface area contributed by atoms with Crippen molar-refractivity contribution in [2.24, 2.45) is 17.8 Å². The zero-order valence-electron chi connectivity index (χ0n) is 19.9. The van der Waals surface area contributed by atoms with Crippen molar-refractivity contribution in [3.63, 3.8) is 0 Å². The van der Waals surface area contributed by atoms with Gasteiger partial charge in [-0.25, -0.2) is 0 Å².